The van der Waals surface area contributed by atoms with Crippen molar-refractivity contribution in [3.05, 3.63) is 0 Å². The maximum absolute atomic E-state index is 12.6. The van der Waals surface area contributed by atoms with Crippen molar-refractivity contribution in [2.24, 2.45) is 5.92 Å². The molecule has 0 radical (unpaired) electrons. The predicted molar refractivity (Wildman–Crippen MR) is 86.2 cm³/mol. The first kappa shape index (κ1) is 15.3. The average molecular weight is 292 g/mol. The van der Waals surface area contributed by atoms with Crippen LogP contribution in [0.3, 0.4) is 0 Å². The Balaban J connectivity index is 1.49. The van der Waals surface area contributed by atoms with Gasteiger partial charge in [0.1, 0.15) is 0 Å². The normalized spacial score (nSPS) is 34.2. The maximum Gasteiger partial charge on any atom is 0.222 e. The topological polar surface area (TPSA) is 32.3 Å². The Morgan fingerprint density at radius 3 is 2.14 bits per heavy atom. The summed E-state index contributed by atoms with van der Waals surface area (Å²) in [5, 5.41) is 3.68. The lowest BCUT2D eigenvalue weighted by Crippen LogP contribution is -2.42. The number of nitrogens with zero attached hydrogens (tertiary/aromatic N) is 1. The molecule has 2 atom stereocenters. The monoisotopic (exact) mass is 292 g/mol. The van der Waals surface area contributed by atoms with Crippen LogP contribution in [0.5, 0.6) is 0 Å². The second-order valence-corrected chi connectivity index (χ2v) is 7.68. The molecular weight excluding hydrogens is 260 g/mol. The number of carbonyl (C=O) groups excluding carboxylic acids is 1. The van der Waals surface area contributed by atoms with Gasteiger partial charge >= 0.3 is 0 Å². The van der Waals surface area contributed by atoms with E-state index in [9.17, 15) is 4.79 Å². The van der Waals surface area contributed by atoms with Crippen LogP contribution in [0.1, 0.15) is 77.0 Å². The highest BCUT2D eigenvalue weighted by Gasteiger charge is 2.35. The minimum atomic E-state index is 0.409. The highest BCUT2D eigenvalue weighted by atomic mass is 16.2. The molecule has 0 aromatic carbocycles. The van der Waals surface area contributed by atoms with Gasteiger partial charge in [-0.1, -0.05) is 32.1 Å². The van der Waals surface area contributed by atoms with Crippen LogP contribution in [0.15, 0.2) is 0 Å². The molecular formula is C18H32N2O. The largest absolute Gasteiger partial charge is 0.343 e. The smallest absolute Gasteiger partial charge is 0.222 e. The highest BCUT2D eigenvalue weighted by molar-refractivity contribution is 5.76. The molecule has 1 N–H and O–H groups in total. The van der Waals surface area contributed by atoms with Crippen LogP contribution in [0, 0.1) is 5.92 Å². The summed E-state index contributed by atoms with van der Waals surface area (Å²) in [6.45, 7) is 0. The number of hydrogen-bond acceptors (Lipinski definition) is 2. The van der Waals surface area contributed by atoms with Gasteiger partial charge in [-0.3, -0.25) is 4.79 Å². The zero-order valence-corrected chi connectivity index (χ0v) is 13.7. The van der Waals surface area contributed by atoms with Gasteiger partial charge in [-0.15, -0.1) is 0 Å². The van der Waals surface area contributed by atoms with Crippen LogP contribution < -0.4 is 5.32 Å². The van der Waals surface area contributed by atoms with E-state index in [1.54, 1.807) is 0 Å². The van der Waals surface area contributed by atoms with Gasteiger partial charge in [-0.25, -0.2) is 0 Å². The lowest BCUT2D eigenvalue weighted by molar-refractivity contribution is -0.133. The van der Waals surface area contributed by atoms with Crippen molar-refractivity contribution in [3.8, 4) is 0 Å². The number of amides is 1. The van der Waals surface area contributed by atoms with E-state index in [1.165, 1.54) is 70.6 Å². The van der Waals surface area contributed by atoms with E-state index in [1.807, 2.05) is 0 Å². The lowest BCUT2D eigenvalue weighted by atomic mass is 9.88. The molecule has 2 bridgehead atoms. The molecule has 3 nitrogen and oxygen atoms in total. The van der Waals surface area contributed by atoms with Crippen LogP contribution in [0.2, 0.25) is 0 Å². The standard InChI is InChI=1S/C18H32N2O/c1-20(17-7-5-3-2-4-6-8-17)18(21)13-14-11-15-9-10-16(12-14)19-15/h14-17,19H,2-13H2,1H3. The van der Waals surface area contributed by atoms with Crippen molar-refractivity contribution in [2.45, 2.75) is 95.2 Å². The van der Waals surface area contributed by atoms with Crippen LogP contribution >= 0.6 is 0 Å². The number of piperidine rings is 1. The molecule has 1 saturated carbocycles. The molecule has 2 aliphatic heterocycles. The fourth-order valence-corrected chi connectivity index (χ4v) is 4.76. The molecule has 2 unspecified atom stereocenters. The Kier molecular flexibility index (Phi) is 5.20. The van der Waals surface area contributed by atoms with Crippen molar-refractivity contribution in [1.82, 2.24) is 10.2 Å². The van der Waals surface area contributed by atoms with E-state index in [0.29, 0.717) is 30.0 Å². The van der Waals surface area contributed by atoms with Crippen LogP contribution in [0.4, 0.5) is 0 Å². The number of hydrogen-bond donors (Lipinski definition) is 1. The predicted octanol–water partition coefficient (Wildman–Crippen LogP) is 3.48. The second-order valence-electron chi connectivity index (χ2n) is 7.68. The van der Waals surface area contributed by atoms with Gasteiger partial charge < -0.3 is 10.2 Å². The first-order chi connectivity index (χ1) is 10.2. The number of carbonyl (C=O) groups is 1. The van der Waals surface area contributed by atoms with E-state index < -0.39 is 0 Å². The summed E-state index contributed by atoms with van der Waals surface area (Å²) in [6, 6.07) is 1.91. The van der Waals surface area contributed by atoms with Gasteiger partial charge in [0.25, 0.3) is 0 Å². The van der Waals surface area contributed by atoms with Gasteiger partial charge in [0, 0.05) is 31.6 Å². The third kappa shape index (κ3) is 4.00. The summed E-state index contributed by atoms with van der Waals surface area (Å²) in [5.74, 6) is 1.04. The Morgan fingerprint density at radius 2 is 1.52 bits per heavy atom. The van der Waals surface area contributed by atoms with Crippen molar-refractivity contribution in [1.29, 1.82) is 0 Å². The molecule has 3 rings (SSSR count). The van der Waals surface area contributed by atoms with Crippen LogP contribution in [-0.2, 0) is 4.79 Å². The van der Waals surface area contributed by atoms with Crippen molar-refractivity contribution >= 4 is 5.91 Å². The molecule has 2 saturated heterocycles. The minimum Gasteiger partial charge on any atom is -0.343 e. The van der Waals surface area contributed by atoms with E-state index >= 15 is 0 Å². The molecule has 0 aromatic rings. The summed E-state index contributed by atoms with van der Waals surface area (Å²) in [4.78, 5) is 14.8. The van der Waals surface area contributed by atoms with E-state index in [4.69, 9.17) is 0 Å². The Labute approximate surface area is 129 Å². The summed E-state index contributed by atoms with van der Waals surface area (Å²) in [7, 11) is 2.06. The van der Waals surface area contributed by atoms with Crippen molar-refractivity contribution in [2.75, 3.05) is 7.05 Å². The summed E-state index contributed by atoms with van der Waals surface area (Å²) >= 11 is 0. The van der Waals surface area contributed by atoms with Crippen LogP contribution in [-0.4, -0.2) is 36.0 Å². The third-order valence-electron chi connectivity index (χ3n) is 6.05. The number of nitrogens with one attached hydrogen (secondary N) is 1. The van der Waals surface area contributed by atoms with E-state index in [2.05, 4.69) is 17.3 Å². The van der Waals surface area contributed by atoms with Crippen LogP contribution in [0.25, 0.3) is 0 Å². The SMILES string of the molecule is CN(C(=O)CC1CC2CCC(C1)N2)C1CCCCCCC1. The third-order valence-corrected chi connectivity index (χ3v) is 6.05. The van der Waals surface area contributed by atoms with Gasteiger partial charge in [-0.05, 0) is 44.4 Å². The van der Waals surface area contributed by atoms with Gasteiger partial charge in [0.05, 0.1) is 0 Å². The fourth-order valence-electron chi connectivity index (χ4n) is 4.76. The quantitative estimate of drug-likeness (QED) is 0.863. The number of rotatable bonds is 3. The molecule has 3 aliphatic rings. The lowest BCUT2D eigenvalue weighted by Gasteiger charge is -2.33. The summed E-state index contributed by atoms with van der Waals surface area (Å²) in [6.07, 6.45) is 15.1. The van der Waals surface area contributed by atoms with E-state index in [-0.39, 0.29) is 0 Å². The molecule has 1 aliphatic carbocycles. The Morgan fingerprint density at radius 1 is 0.952 bits per heavy atom. The van der Waals surface area contributed by atoms with Crippen molar-refractivity contribution in [3.63, 3.8) is 0 Å². The first-order valence-corrected chi connectivity index (χ1v) is 9.24. The molecule has 0 spiro atoms. The average Bonchev–Trinajstić information content (AvgIpc) is 2.77. The van der Waals surface area contributed by atoms with Gasteiger partial charge in [0.15, 0.2) is 0 Å². The van der Waals surface area contributed by atoms with Gasteiger partial charge in [-0.2, -0.15) is 0 Å². The second kappa shape index (κ2) is 7.13. The summed E-state index contributed by atoms with van der Waals surface area (Å²) in [5.41, 5.74) is 0. The molecule has 2 heterocycles. The number of fused-ring (bicyclic) bond motifs is 2. The molecule has 3 heteroatoms. The van der Waals surface area contributed by atoms with E-state index in [0.717, 1.165) is 6.42 Å². The van der Waals surface area contributed by atoms with Crippen molar-refractivity contribution < 1.29 is 4.79 Å². The zero-order valence-electron chi connectivity index (χ0n) is 13.7. The Bertz CT molecular complexity index is 337. The summed E-state index contributed by atoms with van der Waals surface area (Å²) < 4.78 is 0. The zero-order chi connectivity index (χ0) is 14.7. The molecule has 0 aromatic heterocycles. The van der Waals surface area contributed by atoms with Gasteiger partial charge in [0.2, 0.25) is 5.91 Å². The minimum absolute atomic E-state index is 0.409. The molecule has 21 heavy (non-hydrogen) atoms. The molecule has 1 amide bonds. The first-order valence-electron chi connectivity index (χ1n) is 9.24. The maximum atomic E-state index is 12.6. The highest BCUT2D eigenvalue weighted by Crippen LogP contribution is 2.33. The Hall–Kier alpha value is -0.570. The molecule has 3 fully saturated rings. The molecule has 120 valence electrons. The fraction of sp³-hybridized carbons (Fsp3) is 0.944.